The molecule has 0 atom stereocenters. The van der Waals surface area contributed by atoms with E-state index >= 15 is 0 Å². The van der Waals surface area contributed by atoms with Gasteiger partial charge in [0.15, 0.2) is 0 Å². The van der Waals surface area contributed by atoms with Crippen LogP contribution in [0.3, 0.4) is 0 Å². The molecular formula is C16H30N2O3. The fraction of sp³-hybridized carbons (Fsp3) is 0.938. The van der Waals surface area contributed by atoms with Crippen LogP contribution in [0.15, 0.2) is 0 Å². The molecule has 1 amide bonds. The molecule has 0 aromatic heterocycles. The molecule has 0 aromatic rings. The van der Waals surface area contributed by atoms with E-state index in [1.54, 1.807) is 0 Å². The summed E-state index contributed by atoms with van der Waals surface area (Å²) >= 11 is 0. The molecule has 0 bridgehead atoms. The summed E-state index contributed by atoms with van der Waals surface area (Å²) < 4.78 is 5.29. The number of aliphatic hydroxyl groups excluding tert-OH is 1. The lowest BCUT2D eigenvalue weighted by atomic mass is 10.0. The van der Waals surface area contributed by atoms with Gasteiger partial charge in [-0.2, -0.15) is 0 Å². The molecule has 1 aliphatic carbocycles. The second-order valence-corrected chi connectivity index (χ2v) is 6.37. The van der Waals surface area contributed by atoms with E-state index in [4.69, 9.17) is 9.84 Å². The van der Waals surface area contributed by atoms with Gasteiger partial charge in [0, 0.05) is 32.1 Å². The van der Waals surface area contributed by atoms with Gasteiger partial charge >= 0.3 is 0 Å². The lowest BCUT2D eigenvalue weighted by Crippen LogP contribution is -2.45. The van der Waals surface area contributed by atoms with Gasteiger partial charge in [-0.15, -0.1) is 0 Å². The van der Waals surface area contributed by atoms with Crippen LogP contribution in [-0.2, 0) is 9.53 Å². The molecule has 21 heavy (non-hydrogen) atoms. The fourth-order valence-corrected chi connectivity index (χ4v) is 3.42. The van der Waals surface area contributed by atoms with Crippen molar-refractivity contribution < 1.29 is 14.6 Å². The van der Waals surface area contributed by atoms with Gasteiger partial charge in [-0.1, -0.05) is 12.8 Å². The Kier molecular flexibility index (Phi) is 7.47. The maximum absolute atomic E-state index is 12.0. The number of amides is 1. The Hall–Kier alpha value is -0.650. The van der Waals surface area contributed by atoms with Crippen molar-refractivity contribution in [3.8, 4) is 0 Å². The van der Waals surface area contributed by atoms with Crippen LogP contribution in [0.25, 0.3) is 0 Å². The Bertz CT molecular complexity index is 298. The van der Waals surface area contributed by atoms with Crippen LogP contribution in [0.1, 0.15) is 44.9 Å². The zero-order valence-corrected chi connectivity index (χ0v) is 13.1. The van der Waals surface area contributed by atoms with Crippen molar-refractivity contribution in [2.75, 3.05) is 39.5 Å². The summed E-state index contributed by atoms with van der Waals surface area (Å²) in [6, 6.07) is 0.355. The van der Waals surface area contributed by atoms with Crippen molar-refractivity contribution in [1.82, 2.24) is 10.2 Å². The maximum atomic E-state index is 12.0. The van der Waals surface area contributed by atoms with E-state index in [9.17, 15) is 4.79 Å². The minimum absolute atomic E-state index is 0.0924. The third-order valence-electron chi connectivity index (χ3n) is 4.69. The van der Waals surface area contributed by atoms with Crippen LogP contribution in [0.5, 0.6) is 0 Å². The smallest absolute Gasteiger partial charge is 0.220 e. The highest BCUT2D eigenvalue weighted by molar-refractivity contribution is 5.76. The highest BCUT2D eigenvalue weighted by Gasteiger charge is 2.23. The summed E-state index contributed by atoms with van der Waals surface area (Å²) in [4.78, 5) is 14.4. The van der Waals surface area contributed by atoms with Crippen LogP contribution >= 0.6 is 0 Å². The van der Waals surface area contributed by atoms with Crippen molar-refractivity contribution >= 4 is 5.91 Å². The zero-order chi connectivity index (χ0) is 14.9. The fourth-order valence-electron chi connectivity index (χ4n) is 3.42. The second kappa shape index (κ2) is 9.38. The van der Waals surface area contributed by atoms with Crippen LogP contribution in [0.2, 0.25) is 0 Å². The molecule has 1 saturated carbocycles. The average molecular weight is 298 g/mol. The Balaban J connectivity index is 1.54. The minimum atomic E-state index is 0.0924. The Morgan fingerprint density at radius 3 is 2.52 bits per heavy atom. The number of hydrogen-bond acceptors (Lipinski definition) is 4. The van der Waals surface area contributed by atoms with Gasteiger partial charge in [0.1, 0.15) is 0 Å². The van der Waals surface area contributed by atoms with Crippen molar-refractivity contribution in [1.29, 1.82) is 0 Å². The Morgan fingerprint density at radius 2 is 1.86 bits per heavy atom. The molecule has 0 spiro atoms. The topological polar surface area (TPSA) is 61.8 Å². The van der Waals surface area contributed by atoms with Gasteiger partial charge in [-0.3, -0.25) is 4.79 Å². The molecule has 0 unspecified atom stereocenters. The van der Waals surface area contributed by atoms with Crippen molar-refractivity contribution in [2.45, 2.75) is 51.0 Å². The molecule has 2 rings (SSSR count). The number of carbonyl (C=O) groups excluding carboxylic acids is 1. The van der Waals surface area contributed by atoms with Gasteiger partial charge in [0.25, 0.3) is 0 Å². The van der Waals surface area contributed by atoms with Gasteiger partial charge in [-0.05, 0) is 31.6 Å². The van der Waals surface area contributed by atoms with Gasteiger partial charge in [-0.25, -0.2) is 0 Å². The summed E-state index contributed by atoms with van der Waals surface area (Å²) in [5, 5.41) is 11.9. The van der Waals surface area contributed by atoms with Gasteiger partial charge < -0.3 is 20.1 Å². The zero-order valence-electron chi connectivity index (χ0n) is 13.1. The third kappa shape index (κ3) is 6.32. The SMILES string of the molecule is O=C(CC1CCCC1)NC1CCN(CCOCCO)CC1. The summed E-state index contributed by atoms with van der Waals surface area (Å²) in [6.07, 6.45) is 7.88. The van der Waals surface area contributed by atoms with E-state index in [1.165, 1.54) is 25.7 Å². The molecule has 5 nitrogen and oxygen atoms in total. The van der Waals surface area contributed by atoms with E-state index in [0.29, 0.717) is 25.2 Å². The number of aliphatic hydroxyl groups is 1. The molecule has 2 N–H and O–H groups in total. The van der Waals surface area contributed by atoms with Crippen LogP contribution in [-0.4, -0.2) is 61.4 Å². The quantitative estimate of drug-likeness (QED) is 0.660. The summed E-state index contributed by atoms with van der Waals surface area (Å²) in [5.41, 5.74) is 0. The number of nitrogens with one attached hydrogen (secondary N) is 1. The van der Waals surface area contributed by atoms with E-state index in [0.717, 1.165) is 38.9 Å². The second-order valence-electron chi connectivity index (χ2n) is 6.37. The van der Waals surface area contributed by atoms with Crippen LogP contribution in [0, 0.1) is 5.92 Å². The Labute approximate surface area is 128 Å². The monoisotopic (exact) mass is 298 g/mol. The lowest BCUT2D eigenvalue weighted by molar-refractivity contribution is -0.123. The van der Waals surface area contributed by atoms with Crippen LogP contribution in [0.4, 0.5) is 0 Å². The first-order valence-electron chi connectivity index (χ1n) is 8.48. The molecule has 1 aliphatic heterocycles. The molecule has 1 heterocycles. The minimum Gasteiger partial charge on any atom is -0.394 e. The molecular weight excluding hydrogens is 268 g/mol. The van der Waals surface area contributed by atoms with E-state index in [1.807, 2.05) is 0 Å². The first kappa shape index (κ1) is 16.7. The summed E-state index contributed by atoms with van der Waals surface area (Å²) in [5.74, 6) is 0.889. The number of rotatable bonds is 8. The van der Waals surface area contributed by atoms with E-state index < -0.39 is 0 Å². The predicted molar refractivity (Wildman–Crippen MR) is 82.1 cm³/mol. The number of carbonyl (C=O) groups is 1. The van der Waals surface area contributed by atoms with Crippen LogP contribution < -0.4 is 5.32 Å². The Morgan fingerprint density at radius 1 is 1.14 bits per heavy atom. The van der Waals surface area contributed by atoms with E-state index in [2.05, 4.69) is 10.2 Å². The summed E-state index contributed by atoms with van der Waals surface area (Å²) in [6.45, 7) is 4.17. The number of hydrogen-bond donors (Lipinski definition) is 2. The molecule has 0 aromatic carbocycles. The first-order chi connectivity index (χ1) is 10.3. The molecule has 122 valence electrons. The van der Waals surface area contributed by atoms with Crippen molar-refractivity contribution in [3.05, 3.63) is 0 Å². The molecule has 5 heteroatoms. The normalized spacial score (nSPS) is 21.8. The number of likely N-dealkylation sites (tertiary alicyclic amines) is 1. The van der Waals surface area contributed by atoms with Crippen molar-refractivity contribution in [2.24, 2.45) is 5.92 Å². The standard InChI is InChI=1S/C16H30N2O3/c19-10-12-21-11-9-18-7-5-15(6-8-18)17-16(20)13-14-3-1-2-4-14/h14-15,19H,1-13H2,(H,17,20). The van der Waals surface area contributed by atoms with E-state index in [-0.39, 0.29) is 12.5 Å². The first-order valence-corrected chi connectivity index (χ1v) is 8.48. The maximum Gasteiger partial charge on any atom is 0.220 e. The molecule has 2 fully saturated rings. The van der Waals surface area contributed by atoms with Gasteiger partial charge in [0.05, 0.1) is 19.8 Å². The highest BCUT2D eigenvalue weighted by Crippen LogP contribution is 2.27. The number of nitrogens with zero attached hydrogens (tertiary/aromatic N) is 1. The average Bonchev–Trinajstić information content (AvgIpc) is 2.98. The predicted octanol–water partition coefficient (Wildman–Crippen LogP) is 1.16. The molecule has 2 aliphatic rings. The largest absolute Gasteiger partial charge is 0.394 e. The van der Waals surface area contributed by atoms with Gasteiger partial charge in [0.2, 0.25) is 5.91 Å². The molecule has 0 radical (unpaired) electrons. The third-order valence-corrected chi connectivity index (χ3v) is 4.69. The molecule has 1 saturated heterocycles. The van der Waals surface area contributed by atoms with Crippen molar-refractivity contribution in [3.63, 3.8) is 0 Å². The number of piperidine rings is 1. The number of ether oxygens (including phenoxy) is 1. The summed E-state index contributed by atoms with van der Waals surface area (Å²) in [7, 11) is 0. The highest BCUT2D eigenvalue weighted by atomic mass is 16.5. The lowest BCUT2D eigenvalue weighted by Gasteiger charge is -2.32.